The van der Waals surface area contributed by atoms with Gasteiger partial charge in [0.25, 0.3) is 0 Å². The lowest BCUT2D eigenvalue weighted by molar-refractivity contribution is 0.491. The molecule has 6 heteroatoms. The van der Waals surface area contributed by atoms with Gasteiger partial charge in [0.1, 0.15) is 0 Å². The van der Waals surface area contributed by atoms with E-state index in [4.69, 9.17) is 0 Å². The Morgan fingerprint density at radius 2 is 1.76 bits per heavy atom. The van der Waals surface area contributed by atoms with Crippen molar-refractivity contribution >= 4 is 22.2 Å². The van der Waals surface area contributed by atoms with Crippen LogP contribution in [0.1, 0.15) is 13.8 Å². The van der Waals surface area contributed by atoms with Gasteiger partial charge in [-0.15, -0.1) is 0 Å². The molecule has 0 aliphatic carbocycles. The van der Waals surface area contributed by atoms with E-state index < -0.39 is 10.2 Å². The number of rotatable bonds is 6. The van der Waals surface area contributed by atoms with Gasteiger partial charge in [0.15, 0.2) is 0 Å². The van der Waals surface area contributed by atoms with E-state index in [2.05, 4.69) is 6.58 Å². The summed E-state index contributed by atoms with van der Waals surface area (Å²) in [6.07, 6.45) is 6.82. The van der Waals surface area contributed by atoms with Gasteiger partial charge in [0.2, 0.25) is 0 Å². The molecule has 0 unspecified atom stereocenters. The lowest BCUT2D eigenvalue weighted by atomic mass is 10.3. The zero-order valence-corrected chi connectivity index (χ0v) is 12.6. The first-order chi connectivity index (χ1) is 7.77. The highest BCUT2D eigenvalue weighted by atomic mass is 32.3. The molecule has 0 aromatic carbocycles. The van der Waals surface area contributed by atoms with Crippen molar-refractivity contribution in [2.45, 2.75) is 13.8 Å². The van der Waals surface area contributed by atoms with Crippen LogP contribution >= 0.6 is 11.9 Å². The van der Waals surface area contributed by atoms with E-state index in [1.54, 1.807) is 12.3 Å². The highest BCUT2D eigenvalue weighted by Gasteiger charge is 2.24. The fourth-order valence-corrected chi connectivity index (χ4v) is 3.13. The van der Waals surface area contributed by atoms with E-state index in [-0.39, 0.29) is 0 Å². The summed E-state index contributed by atoms with van der Waals surface area (Å²) in [6.45, 7) is 7.54. The first kappa shape index (κ1) is 16.3. The molecule has 0 radical (unpaired) electrons. The molecular weight excluding hydrogens is 256 g/mol. The van der Waals surface area contributed by atoms with Gasteiger partial charge in [-0.1, -0.05) is 18.2 Å². The smallest absolute Gasteiger partial charge is 0.199 e. The van der Waals surface area contributed by atoms with Crippen LogP contribution in [0.2, 0.25) is 0 Å². The van der Waals surface area contributed by atoms with Gasteiger partial charge >= 0.3 is 10.2 Å². The summed E-state index contributed by atoms with van der Waals surface area (Å²) in [5, 5.41) is 0. The monoisotopic (exact) mass is 276 g/mol. The maximum Gasteiger partial charge on any atom is 0.313 e. The average Bonchev–Trinajstić information content (AvgIpc) is 2.23. The Labute approximate surface area is 109 Å². The van der Waals surface area contributed by atoms with Crippen LogP contribution < -0.4 is 0 Å². The summed E-state index contributed by atoms with van der Waals surface area (Å²) >= 11 is 1.12. The fraction of sp³-hybridized carbons (Fsp3) is 0.455. The van der Waals surface area contributed by atoms with Gasteiger partial charge in [-0.2, -0.15) is 16.4 Å². The summed E-state index contributed by atoms with van der Waals surface area (Å²) in [5.41, 5.74) is 1.63. The van der Waals surface area contributed by atoms with Crippen LogP contribution in [-0.2, 0) is 10.2 Å². The molecule has 0 fully saturated rings. The zero-order chi connectivity index (χ0) is 13.6. The molecule has 0 aliphatic rings. The Morgan fingerprint density at radius 1 is 1.24 bits per heavy atom. The third-order valence-electron chi connectivity index (χ3n) is 1.84. The van der Waals surface area contributed by atoms with Crippen LogP contribution in [0.4, 0.5) is 0 Å². The maximum absolute atomic E-state index is 12.0. The Bertz CT molecular complexity index is 419. The molecule has 17 heavy (non-hydrogen) atoms. The lowest BCUT2D eigenvalue weighted by Crippen LogP contribution is -2.34. The number of hydrogen-bond donors (Lipinski definition) is 0. The SMILES string of the molecule is C=C/C(=C\C=C(C)C)N(SC)S(=O)(=O)N(C)C. The molecule has 0 rings (SSSR count). The summed E-state index contributed by atoms with van der Waals surface area (Å²) in [5.74, 6) is 0. The second-order valence-electron chi connectivity index (χ2n) is 3.74. The van der Waals surface area contributed by atoms with Gasteiger partial charge in [-0.3, -0.25) is 0 Å². The number of hydrogen-bond acceptors (Lipinski definition) is 3. The highest BCUT2D eigenvalue weighted by Crippen LogP contribution is 2.22. The molecule has 0 N–H and O–H groups in total. The molecule has 0 amide bonds. The largest absolute Gasteiger partial charge is 0.313 e. The molecule has 98 valence electrons. The second kappa shape index (κ2) is 6.88. The molecule has 0 spiro atoms. The van der Waals surface area contributed by atoms with Crippen LogP contribution in [0.3, 0.4) is 0 Å². The Hall–Kier alpha value is -0.720. The first-order valence-corrected chi connectivity index (χ1v) is 7.59. The first-order valence-electron chi connectivity index (χ1n) is 5.01. The van der Waals surface area contributed by atoms with Crippen LogP contribution in [0.25, 0.3) is 0 Å². The molecule has 0 bridgehead atoms. The minimum Gasteiger partial charge on any atom is -0.199 e. The molecule has 0 saturated heterocycles. The van der Waals surface area contributed by atoms with E-state index >= 15 is 0 Å². The van der Waals surface area contributed by atoms with E-state index in [9.17, 15) is 8.42 Å². The van der Waals surface area contributed by atoms with E-state index in [0.717, 1.165) is 17.5 Å². The predicted octanol–water partition coefficient (Wildman–Crippen LogP) is 2.41. The second-order valence-corrected chi connectivity index (χ2v) is 6.69. The summed E-state index contributed by atoms with van der Waals surface area (Å²) in [6, 6.07) is 0. The molecule has 4 nitrogen and oxygen atoms in total. The minimum absolute atomic E-state index is 0.535. The topological polar surface area (TPSA) is 40.6 Å². The van der Waals surface area contributed by atoms with E-state index in [1.807, 2.05) is 19.9 Å². The van der Waals surface area contributed by atoms with E-state index in [0.29, 0.717) is 5.70 Å². The predicted molar refractivity (Wildman–Crippen MR) is 75.7 cm³/mol. The molecule has 0 aliphatic heterocycles. The molecule has 0 atom stereocenters. The summed E-state index contributed by atoms with van der Waals surface area (Å²) in [7, 11) is -0.487. The molecule has 0 saturated carbocycles. The molecule has 0 aromatic heterocycles. The Morgan fingerprint density at radius 3 is 2.06 bits per heavy atom. The van der Waals surface area contributed by atoms with Gasteiger partial charge < -0.3 is 0 Å². The normalized spacial score (nSPS) is 12.5. The van der Waals surface area contributed by atoms with Crippen molar-refractivity contribution in [3.8, 4) is 0 Å². The quantitative estimate of drug-likeness (QED) is 0.552. The summed E-state index contributed by atoms with van der Waals surface area (Å²) in [4.78, 5) is 0. The van der Waals surface area contributed by atoms with Gasteiger partial charge in [-0.25, -0.2) is 0 Å². The Kier molecular flexibility index (Phi) is 6.59. The number of nitrogens with zero attached hydrogens (tertiary/aromatic N) is 2. The van der Waals surface area contributed by atoms with Crippen LogP contribution in [-0.4, -0.2) is 36.8 Å². The minimum atomic E-state index is -3.49. The highest BCUT2D eigenvalue weighted by molar-refractivity contribution is 8.07. The molecular formula is C11H20N2O2S2. The zero-order valence-electron chi connectivity index (χ0n) is 11.0. The van der Waals surface area contributed by atoms with E-state index in [1.165, 1.54) is 28.2 Å². The third-order valence-corrected chi connectivity index (χ3v) is 4.95. The maximum atomic E-state index is 12.0. The Balaban J connectivity index is 5.45. The van der Waals surface area contributed by atoms with Crippen LogP contribution in [0.15, 0.2) is 36.1 Å². The molecule has 0 aromatic rings. The van der Waals surface area contributed by atoms with Crippen LogP contribution in [0.5, 0.6) is 0 Å². The van der Waals surface area contributed by atoms with Crippen molar-refractivity contribution in [2.75, 3.05) is 20.4 Å². The van der Waals surface area contributed by atoms with Gasteiger partial charge in [0, 0.05) is 20.4 Å². The standard InChI is InChI=1S/C11H20N2O2S2/c1-7-11(9-8-10(2)3)13(16-6)17(14,15)12(4)5/h7-9H,1H2,2-6H3/b11-9+. The number of allylic oxidation sites excluding steroid dienone is 4. The summed E-state index contributed by atoms with van der Waals surface area (Å²) < 4.78 is 26.5. The van der Waals surface area contributed by atoms with Crippen molar-refractivity contribution in [3.63, 3.8) is 0 Å². The van der Waals surface area contributed by atoms with Crippen molar-refractivity contribution in [3.05, 3.63) is 36.1 Å². The fourth-order valence-electron chi connectivity index (χ4n) is 0.937. The van der Waals surface area contributed by atoms with Crippen LogP contribution in [0, 0.1) is 0 Å². The third kappa shape index (κ3) is 4.57. The van der Waals surface area contributed by atoms with Crippen molar-refractivity contribution in [2.24, 2.45) is 0 Å². The van der Waals surface area contributed by atoms with Gasteiger partial charge in [0.05, 0.1) is 5.70 Å². The molecule has 0 heterocycles. The van der Waals surface area contributed by atoms with Crippen molar-refractivity contribution < 1.29 is 8.42 Å². The van der Waals surface area contributed by atoms with Crippen molar-refractivity contribution in [1.29, 1.82) is 0 Å². The van der Waals surface area contributed by atoms with Crippen molar-refractivity contribution in [1.82, 2.24) is 8.02 Å². The van der Waals surface area contributed by atoms with Gasteiger partial charge in [-0.05, 0) is 37.9 Å². The lowest BCUT2D eigenvalue weighted by Gasteiger charge is -2.25. The average molecular weight is 276 g/mol.